The molecule has 0 bridgehead atoms. The highest BCUT2D eigenvalue weighted by atomic mass is 19.1. The minimum Gasteiger partial charge on any atom is -0.463 e. The average molecular weight is 157 g/mol. The maximum Gasteiger partial charge on any atom is 0.319 e. The summed E-state index contributed by atoms with van der Waals surface area (Å²) < 4.78 is 16.5. The number of ether oxygens (including phenoxy) is 1. The molecule has 0 amide bonds. The second-order valence-electron chi connectivity index (χ2n) is 1.81. The maximum absolute atomic E-state index is 11.6. The first-order valence-electron chi connectivity index (χ1n) is 3.24. The van der Waals surface area contributed by atoms with Gasteiger partial charge in [-0.05, 0) is 0 Å². The van der Waals surface area contributed by atoms with Crippen LogP contribution in [0.1, 0.15) is 6.42 Å². The second-order valence-corrected chi connectivity index (χ2v) is 1.81. The molecule has 60 valence electrons. The lowest BCUT2D eigenvalue weighted by molar-refractivity contribution is 0.268. The van der Waals surface area contributed by atoms with Gasteiger partial charge in [0.25, 0.3) is 0 Å². The topological polar surface area (TPSA) is 47.9 Å². The van der Waals surface area contributed by atoms with Crippen molar-refractivity contribution in [1.82, 2.24) is 15.0 Å². The zero-order valence-corrected chi connectivity index (χ0v) is 5.90. The minimum atomic E-state index is -0.384. The molecule has 0 unspecified atom stereocenters. The summed E-state index contributed by atoms with van der Waals surface area (Å²) >= 11 is 0. The number of rotatable bonds is 4. The van der Waals surface area contributed by atoms with Crippen molar-refractivity contribution < 1.29 is 9.13 Å². The smallest absolute Gasteiger partial charge is 0.319 e. The summed E-state index contributed by atoms with van der Waals surface area (Å²) in [6.07, 6.45) is 3.03. The monoisotopic (exact) mass is 157 g/mol. The van der Waals surface area contributed by atoms with E-state index in [4.69, 9.17) is 4.74 Å². The molecule has 1 heterocycles. The van der Waals surface area contributed by atoms with Crippen molar-refractivity contribution in [3.63, 3.8) is 0 Å². The lowest BCUT2D eigenvalue weighted by atomic mass is 10.5. The van der Waals surface area contributed by atoms with Gasteiger partial charge in [-0.1, -0.05) is 0 Å². The average Bonchev–Trinajstić information content (AvgIpc) is 2.07. The molecule has 4 nitrogen and oxygen atoms in total. The summed E-state index contributed by atoms with van der Waals surface area (Å²) in [5, 5.41) is 0. The van der Waals surface area contributed by atoms with Crippen molar-refractivity contribution >= 4 is 0 Å². The van der Waals surface area contributed by atoms with Gasteiger partial charge in [0, 0.05) is 6.42 Å². The van der Waals surface area contributed by atoms with Gasteiger partial charge in [0.15, 0.2) is 0 Å². The predicted molar refractivity (Wildman–Crippen MR) is 35.9 cm³/mol. The third-order valence-electron chi connectivity index (χ3n) is 0.979. The van der Waals surface area contributed by atoms with Crippen LogP contribution in [0, 0.1) is 0 Å². The first kappa shape index (κ1) is 7.84. The first-order chi connectivity index (χ1) is 5.43. The molecule has 0 atom stereocenters. The van der Waals surface area contributed by atoms with Crippen LogP contribution < -0.4 is 4.74 Å². The lowest BCUT2D eigenvalue weighted by Crippen LogP contribution is -2.01. The molecule has 0 aliphatic heterocycles. The van der Waals surface area contributed by atoms with E-state index in [2.05, 4.69) is 15.0 Å². The van der Waals surface area contributed by atoms with Crippen LogP contribution in [-0.4, -0.2) is 28.2 Å². The molecular weight excluding hydrogens is 149 g/mol. The molecule has 0 N–H and O–H groups in total. The lowest BCUT2D eigenvalue weighted by Gasteiger charge is -1.99. The fraction of sp³-hybridized carbons (Fsp3) is 0.500. The van der Waals surface area contributed by atoms with Gasteiger partial charge in [-0.25, -0.2) is 4.98 Å². The summed E-state index contributed by atoms with van der Waals surface area (Å²) in [6, 6.07) is 0.244. The van der Waals surface area contributed by atoms with E-state index in [0.717, 1.165) is 0 Å². The van der Waals surface area contributed by atoms with E-state index in [-0.39, 0.29) is 12.7 Å². The molecule has 1 rings (SSSR count). The van der Waals surface area contributed by atoms with E-state index in [1.165, 1.54) is 12.7 Å². The van der Waals surface area contributed by atoms with E-state index in [0.29, 0.717) is 13.0 Å². The standard InChI is InChI=1S/C6H8FN3O/c7-2-1-3-11-6-9-4-8-5-10-6/h4-5H,1-3H2. The van der Waals surface area contributed by atoms with Crippen molar-refractivity contribution in [3.05, 3.63) is 12.7 Å². The largest absolute Gasteiger partial charge is 0.463 e. The highest BCUT2D eigenvalue weighted by Crippen LogP contribution is 1.96. The zero-order valence-electron chi connectivity index (χ0n) is 5.90. The van der Waals surface area contributed by atoms with Crippen LogP contribution in [0.2, 0.25) is 0 Å². The second kappa shape index (κ2) is 4.54. The van der Waals surface area contributed by atoms with Crippen molar-refractivity contribution in [1.29, 1.82) is 0 Å². The highest BCUT2D eigenvalue weighted by Gasteiger charge is 1.93. The SMILES string of the molecule is FCCCOc1ncncn1. The van der Waals surface area contributed by atoms with E-state index >= 15 is 0 Å². The fourth-order valence-electron chi connectivity index (χ4n) is 0.521. The summed E-state index contributed by atoms with van der Waals surface area (Å²) in [6.45, 7) is -0.0778. The number of hydrogen-bond donors (Lipinski definition) is 0. The molecule has 1 aromatic rings. The number of hydrogen-bond acceptors (Lipinski definition) is 4. The first-order valence-corrected chi connectivity index (χ1v) is 3.24. The quantitative estimate of drug-likeness (QED) is 0.601. The molecule has 0 saturated carbocycles. The van der Waals surface area contributed by atoms with Gasteiger partial charge in [-0.2, -0.15) is 9.97 Å². The Hall–Kier alpha value is -1.26. The van der Waals surface area contributed by atoms with E-state index in [1.807, 2.05) is 0 Å². The Morgan fingerprint density at radius 1 is 1.36 bits per heavy atom. The van der Waals surface area contributed by atoms with Crippen LogP contribution in [0.5, 0.6) is 6.01 Å². The number of alkyl halides is 1. The normalized spacial score (nSPS) is 9.55. The Morgan fingerprint density at radius 3 is 2.73 bits per heavy atom. The maximum atomic E-state index is 11.6. The highest BCUT2D eigenvalue weighted by molar-refractivity contribution is 4.86. The van der Waals surface area contributed by atoms with Gasteiger partial charge in [0.05, 0.1) is 13.3 Å². The van der Waals surface area contributed by atoms with Crippen LogP contribution >= 0.6 is 0 Å². The van der Waals surface area contributed by atoms with Gasteiger partial charge < -0.3 is 4.74 Å². The Bertz CT molecular complexity index is 194. The van der Waals surface area contributed by atoms with Gasteiger partial charge in [0.1, 0.15) is 12.7 Å². The molecule has 5 heteroatoms. The minimum absolute atomic E-state index is 0.244. The van der Waals surface area contributed by atoms with Gasteiger partial charge in [-0.15, -0.1) is 0 Å². The Labute approximate surface area is 63.5 Å². The molecule has 0 saturated heterocycles. The van der Waals surface area contributed by atoms with Crippen LogP contribution in [0.3, 0.4) is 0 Å². The summed E-state index contributed by atoms with van der Waals surface area (Å²) in [5.41, 5.74) is 0. The third kappa shape index (κ3) is 2.88. The third-order valence-corrected chi connectivity index (χ3v) is 0.979. The molecule has 0 aromatic carbocycles. The van der Waals surface area contributed by atoms with Gasteiger partial charge in [0.2, 0.25) is 0 Å². The molecule has 0 aliphatic carbocycles. The molecule has 0 aliphatic rings. The van der Waals surface area contributed by atoms with Gasteiger partial charge in [-0.3, -0.25) is 4.39 Å². The molecule has 1 aromatic heterocycles. The number of halogens is 1. The van der Waals surface area contributed by atoms with Crippen LogP contribution in [0.25, 0.3) is 0 Å². The molecule has 11 heavy (non-hydrogen) atoms. The molecule has 0 radical (unpaired) electrons. The molecular formula is C6H8FN3O. The van der Waals surface area contributed by atoms with Crippen molar-refractivity contribution in [2.45, 2.75) is 6.42 Å². The van der Waals surface area contributed by atoms with E-state index < -0.39 is 0 Å². The summed E-state index contributed by atoms with van der Waals surface area (Å²) in [7, 11) is 0. The number of aromatic nitrogens is 3. The Balaban J connectivity index is 2.28. The fourth-order valence-corrected chi connectivity index (χ4v) is 0.521. The van der Waals surface area contributed by atoms with E-state index in [1.54, 1.807) is 0 Å². The van der Waals surface area contributed by atoms with Crippen molar-refractivity contribution in [2.75, 3.05) is 13.3 Å². The predicted octanol–water partition coefficient (Wildman–Crippen LogP) is 0.610. The zero-order chi connectivity index (χ0) is 7.94. The number of nitrogens with zero attached hydrogens (tertiary/aromatic N) is 3. The Kier molecular flexibility index (Phi) is 3.24. The van der Waals surface area contributed by atoms with Crippen molar-refractivity contribution in [3.8, 4) is 6.01 Å². The van der Waals surface area contributed by atoms with Crippen molar-refractivity contribution in [2.24, 2.45) is 0 Å². The molecule has 0 spiro atoms. The summed E-state index contributed by atoms with van der Waals surface area (Å²) in [5.74, 6) is 0. The molecule has 0 fully saturated rings. The van der Waals surface area contributed by atoms with Crippen LogP contribution in [0.15, 0.2) is 12.7 Å². The Morgan fingerprint density at radius 2 is 2.09 bits per heavy atom. The summed E-state index contributed by atoms with van der Waals surface area (Å²) in [4.78, 5) is 11.0. The van der Waals surface area contributed by atoms with E-state index in [9.17, 15) is 4.39 Å². The van der Waals surface area contributed by atoms with Crippen LogP contribution in [0.4, 0.5) is 4.39 Å². The van der Waals surface area contributed by atoms with Gasteiger partial charge >= 0.3 is 6.01 Å². The van der Waals surface area contributed by atoms with Crippen LogP contribution in [-0.2, 0) is 0 Å².